The molecule has 6 nitrogen and oxygen atoms in total. The van der Waals surface area contributed by atoms with E-state index in [9.17, 15) is 9.90 Å². The zero-order valence-electron chi connectivity index (χ0n) is 35.7. The van der Waals surface area contributed by atoms with E-state index in [1.165, 1.54) is 32.7 Å². The van der Waals surface area contributed by atoms with Gasteiger partial charge in [-0.15, -0.1) is 59.2 Å². The topological polar surface area (TPSA) is 88.9 Å². The number of fused-ring (bicyclic) bond motifs is 4. The second kappa shape index (κ2) is 21.1. The molecule has 0 unspecified atom stereocenters. The minimum atomic E-state index is 0. The predicted octanol–water partition coefficient (Wildman–Crippen LogP) is 13.5. The van der Waals surface area contributed by atoms with Crippen LogP contribution in [0.2, 0.25) is 0 Å². The van der Waals surface area contributed by atoms with Crippen LogP contribution < -0.4 is 0 Å². The second-order valence-electron chi connectivity index (χ2n) is 15.6. The summed E-state index contributed by atoms with van der Waals surface area (Å²) in [5.74, 6) is 1.83. The fourth-order valence-corrected chi connectivity index (χ4v) is 8.66. The number of ketones is 1. The Kier molecular flexibility index (Phi) is 16.2. The van der Waals surface area contributed by atoms with Gasteiger partial charge in [-0.3, -0.25) is 9.78 Å². The first-order chi connectivity index (χ1) is 28.0. The van der Waals surface area contributed by atoms with Gasteiger partial charge in [-0.25, -0.2) is 9.97 Å². The third-order valence-electron chi connectivity index (χ3n) is 11.1. The predicted molar refractivity (Wildman–Crippen MR) is 242 cm³/mol. The van der Waals surface area contributed by atoms with Crippen LogP contribution in [0.1, 0.15) is 108 Å². The number of hydrogen-bond acceptors (Lipinski definition) is 7. The van der Waals surface area contributed by atoms with Gasteiger partial charge in [0.05, 0.1) is 11.3 Å². The Morgan fingerprint density at radius 1 is 0.831 bits per heavy atom. The van der Waals surface area contributed by atoms with Gasteiger partial charge in [0.15, 0.2) is 5.78 Å². The minimum Gasteiger partial charge on any atom is -0.512 e. The smallest absolute Gasteiger partial charge is 0.162 e. The molecule has 0 saturated heterocycles. The van der Waals surface area contributed by atoms with Crippen LogP contribution in [0.3, 0.4) is 0 Å². The van der Waals surface area contributed by atoms with E-state index in [0.29, 0.717) is 5.92 Å². The number of carbonyl (C=O) groups excluding carboxylic acids is 1. The van der Waals surface area contributed by atoms with Gasteiger partial charge in [0.2, 0.25) is 0 Å². The molecule has 0 saturated carbocycles. The number of hydrogen-bond donors (Lipinski definition) is 1. The molecular formula is C51H56IrN4O2S-2. The van der Waals surface area contributed by atoms with Crippen molar-refractivity contribution >= 4 is 48.3 Å². The molecular weight excluding hydrogens is 925 g/mol. The molecule has 0 amide bonds. The van der Waals surface area contributed by atoms with Gasteiger partial charge in [0.1, 0.15) is 10.7 Å². The summed E-state index contributed by atoms with van der Waals surface area (Å²) in [6.45, 7) is 16.7. The van der Waals surface area contributed by atoms with Crippen molar-refractivity contribution in [3.8, 4) is 22.5 Å². The normalized spacial score (nSPS) is 11.7. The molecule has 1 radical (unpaired) electrons. The summed E-state index contributed by atoms with van der Waals surface area (Å²) in [6.07, 6.45) is 9.52. The Morgan fingerprint density at radius 2 is 1.58 bits per heavy atom. The largest absolute Gasteiger partial charge is 0.512 e. The van der Waals surface area contributed by atoms with Gasteiger partial charge >= 0.3 is 0 Å². The van der Waals surface area contributed by atoms with E-state index in [1.807, 2.05) is 65.1 Å². The van der Waals surface area contributed by atoms with Gasteiger partial charge in [0, 0.05) is 62.0 Å². The molecule has 3 aromatic carbocycles. The van der Waals surface area contributed by atoms with Gasteiger partial charge in [0.25, 0.3) is 0 Å². The molecule has 4 heterocycles. The number of benzene rings is 3. The molecule has 309 valence electrons. The quantitative estimate of drug-likeness (QED) is 0.0663. The first kappa shape index (κ1) is 45.5. The minimum absolute atomic E-state index is 0. The Morgan fingerprint density at radius 3 is 2.24 bits per heavy atom. The Labute approximate surface area is 368 Å². The standard InChI is InChI=1S/C38H32N4S.C13H24O2.Ir/c1-23(2)28-15-17-30-34(21-28)41-35(12-8-9-26-14-18-33(39-22-26)27-10-6-5-7-11-27)42-36(30)32-20-24(3)19-31-29-16-13-25(4)40-38(29)43-37(31)32;1-5-10(6-2)12(14)9-13(15)11(7-3)8-4;/h5-7,10,13-19,21-23H,8-9,12H2,1-4H3;9-11,14H,5-8H2,1-4H3;/q-2;;/b;12-9-;. The van der Waals surface area contributed by atoms with E-state index in [-0.39, 0.29) is 43.5 Å². The van der Waals surface area contributed by atoms with Crippen molar-refractivity contribution in [1.29, 1.82) is 0 Å². The van der Waals surface area contributed by atoms with E-state index >= 15 is 0 Å². The van der Waals surface area contributed by atoms with Crippen molar-refractivity contribution in [1.82, 2.24) is 19.9 Å². The molecule has 7 aromatic rings. The van der Waals surface area contributed by atoms with Crippen LogP contribution in [0.15, 0.2) is 90.8 Å². The first-order valence-corrected chi connectivity index (χ1v) is 21.7. The van der Waals surface area contributed by atoms with E-state index < -0.39 is 0 Å². The van der Waals surface area contributed by atoms with Crippen LogP contribution in [0, 0.1) is 37.8 Å². The number of nitrogens with zero attached hydrogens (tertiary/aromatic N) is 4. The number of aliphatic hydroxyl groups excluding tert-OH is 1. The van der Waals surface area contributed by atoms with E-state index in [2.05, 4.69) is 86.4 Å². The van der Waals surface area contributed by atoms with E-state index in [1.54, 1.807) is 11.3 Å². The third kappa shape index (κ3) is 11.0. The number of thiophene rings is 1. The van der Waals surface area contributed by atoms with Gasteiger partial charge in [-0.05, 0) is 95.8 Å². The number of aromatic nitrogens is 4. The molecule has 0 aliphatic heterocycles. The Bertz CT molecular complexity index is 2520. The Hall–Kier alpha value is -4.62. The number of rotatable bonds is 14. The summed E-state index contributed by atoms with van der Waals surface area (Å²) < 4.78 is 1.18. The van der Waals surface area contributed by atoms with Crippen LogP contribution in [-0.2, 0) is 37.7 Å². The monoisotopic (exact) mass is 981 g/mol. The van der Waals surface area contributed by atoms with Crippen molar-refractivity contribution in [2.45, 2.75) is 106 Å². The van der Waals surface area contributed by atoms with Crippen molar-refractivity contribution in [2.24, 2.45) is 11.8 Å². The summed E-state index contributed by atoms with van der Waals surface area (Å²) in [7, 11) is 0. The molecule has 0 atom stereocenters. The number of aliphatic hydroxyl groups is 1. The van der Waals surface area contributed by atoms with Gasteiger partial charge < -0.3 is 10.1 Å². The molecule has 8 heteroatoms. The number of aryl methyl sites for hydroxylation is 4. The van der Waals surface area contributed by atoms with Crippen LogP contribution >= 0.6 is 11.3 Å². The molecule has 0 aliphatic rings. The molecule has 59 heavy (non-hydrogen) atoms. The average Bonchev–Trinajstić information content (AvgIpc) is 3.59. The van der Waals surface area contributed by atoms with Gasteiger partial charge in [-0.2, -0.15) is 11.3 Å². The summed E-state index contributed by atoms with van der Waals surface area (Å²) in [6, 6.07) is 32.3. The fourth-order valence-electron chi connectivity index (χ4n) is 7.46. The fraction of sp³-hybridized carbons (Fsp3) is 0.353. The molecule has 0 fully saturated rings. The number of carbonyl (C=O) groups is 1. The van der Waals surface area contributed by atoms with E-state index in [4.69, 9.17) is 15.0 Å². The third-order valence-corrected chi connectivity index (χ3v) is 12.2. The summed E-state index contributed by atoms with van der Waals surface area (Å²) >= 11 is 1.73. The zero-order chi connectivity index (χ0) is 41.3. The van der Waals surface area contributed by atoms with Crippen molar-refractivity contribution in [3.05, 3.63) is 131 Å². The van der Waals surface area contributed by atoms with Crippen molar-refractivity contribution in [2.75, 3.05) is 0 Å². The van der Waals surface area contributed by atoms with Crippen LogP contribution in [0.25, 0.3) is 53.7 Å². The summed E-state index contributed by atoms with van der Waals surface area (Å²) in [5.41, 5.74) is 9.57. The summed E-state index contributed by atoms with van der Waals surface area (Å²) in [4.78, 5) is 32.6. The maximum absolute atomic E-state index is 11.7. The Balaban J connectivity index is 0.000000355. The maximum Gasteiger partial charge on any atom is 0.162 e. The molecule has 0 aliphatic carbocycles. The van der Waals surface area contributed by atoms with Gasteiger partial charge in [-0.1, -0.05) is 84.2 Å². The second-order valence-corrected chi connectivity index (χ2v) is 16.6. The van der Waals surface area contributed by atoms with Crippen molar-refractivity contribution in [3.63, 3.8) is 0 Å². The molecule has 0 spiro atoms. The SMILES string of the molecule is CCC(CC)C(=O)/C=C(\O)C(CC)CC.Cc1[c-]c(-c2nc(CCCc3ccc(-c4[c-]cccc4)nc3)nc3cc(C(C)C)ccc23)c2sc3nc(C)ccc3c2c1.[Ir]. The van der Waals surface area contributed by atoms with Crippen LogP contribution in [0.5, 0.6) is 0 Å². The molecule has 4 aromatic heterocycles. The number of pyridine rings is 2. The first-order valence-electron chi connectivity index (χ1n) is 20.9. The maximum atomic E-state index is 11.7. The zero-order valence-corrected chi connectivity index (χ0v) is 38.9. The number of allylic oxidation sites excluding steroid dienone is 2. The van der Waals surface area contributed by atoms with Crippen LogP contribution in [-0.4, -0.2) is 30.8 Å². The molecule has 7 rings (SSSR count). The van der Waals surface area contributed by atoms with Crippen LogP contribution in [0.4, 0.5) is 0 Å². The molecule has 1 N–H and O–H groups in total. The average molecular weight is 981 g/mol. The van der Waals surface area contributed by atoms with Crippen molar-refractivity contribution < 1.29 is 30.0 Å². The van der Waals surface area contributed by atoms with E-state index in [0.717, 1.165) is 100 Å². The summed E-state index contributed by atoms with van der Waals surface area (Å²) in [5, 5.41) is 13.2. The molecule has 0 bridgehead atoms.